The average Bonchev–Trinajstić information content (AvgIpc) is 2.99. The number of fused-ring (bicyclic) bond motifs is 3. The fraction of sp³-hybridized carbons (Fsp3) is 0.217. The van der Waals surface area contributed by atoms with Gasteiger partial charge in [0.1, 0.15) is 11.9 Å². The largest absolute Gasteiger partial charge is 0.497 e. The number of benzene rings is 3. The van der Waals surface area contributed by atoms with Crippen LogP contribution in [0, 0.1) is 6.92 Å². The molecule has 0 bridgehead atoms. The summed E-state index contributed by atoms with van der Waals surface area (Å²) in [4.78, 5) is 1.02. The molecular formula is C23H21BrFNOS. The SMILES string of the molecule is COc1cccc(SCC(F)Cn2c3ccc(C)cc3c3cc(Br)ccc32)c1. The smallest absolute Gasteiger partial charge is 0.127 e. The summed E-state index contributed by atoms with van der Waals surface area (Å²) in [5.74, 6) is 1.19. The maximum atomic E-state index is 15.0. The molecule has 0 spiro atoms. The topological polar surface area (TPSA) is 14.2 Å². The molecule has 1 atom stereocenters. The molecule has 1 aromatic heterocycles. The molecule has 1 heterocycles. The molecule has 28 heavy (non-hydrogen) atoms. The van der Waals surface area contributed by atoms with Gasteiger partial charge < -0.3 is 9.30 Å². The van der Waals surface area contributed by atoms with Crippen LogP contribution in [0.4, 0.5) is 4.39 Å². The molecule has 0 fully saturated rings. The van der Waals surface area contributed by atoms with Crippen molar-refractivity contribution in [2.45, 2.75) is 24.5 Å². The Hall–Kier alpha value is -1.98. The highest BCUT2D eigenvalue weighted by Gasteiger charge is 2.16. The lowest BCUT2D eigenvalue weighted by atomic mass is 10.1. The third kappa shape index (κ3) is 3.91. The second-order valence-electron chi connectivity index (χ2n) is 6.88. The summed E-state index contributed by atoms with van der Waals surface area (Å²) in [6.45, 7) is 2.42. The average molecular weight is 458 g/mol. The molecule has 1 unspecified atom stereocenters. The number of aryl methyl sites for hydroxylation is 1. The number of thioether (sulfide) groups is 1. The Kier molecular flexibility index (Phi) is 5.65. The number of ether oxygens (including phenoxy) is 1. The van der Waals surface area contributed by atoms with Crippen molar-refractivity contribution in [3.05, 3.63) is 70.7 Å². The lowest BCUT2D eigenvalue weighted by Gasteiger charge is -2.12. The van der Waals surface area contributed by atoms with Gasteiger partial charge in [0.05, 0.1) is 13.7 Å². The van der Waals surface area contributed by atoms with Crippen molar-refractivity contribution in [3.8, 4) is 5.75 Å². The van der Waals surface area contributed by atoms with Crippen molar-refractivity contribution in [1.82, 2.24) is 4.57 Å². The van der Waals surface area contributed by atoms with Crippen molar-refractivity contribution in [2.75, 3.05) is 12.9 Å². The van der Waals surface area contributed by atoms with Crippen molar-refractivity contribution in [3.63, 3.8) is 0 Å². The first-order valence-corrected chi connectivity index (χ1v) is 10.9. The first kappa shape index (κ1) is 19.3. The zero-order valence-corrected chi connectivity index (χ0v) is 18.2. The van der Waals surface area contributed by atoms with Crippen LogP contribution in [0.2, 0.25) is 0 Å². The molecule has 5 heteroatoms. The second kappa shape index (κ2) is 8.18. The number of hydrogen-bond acceptors (Lipinski definition) is 2. The first-order valence-electron chi connectivity index (χ1n) is 9.14. The summed E-state index contributed by atoms with van der Waals surface area (Å²) in [6.07, 6.45) is -0.958. The Morgan fingerprint density at radius 3 is 2.57 bits per heavy atom. The van der Waals surface area contributed by atoms with Gasteiger partial charge in [-0.2, -0.15) is 0 Å². The minimum absolute atomic E-state index is 0.335. The van der Waals surface area contributed by atoms with E-state index in [2.05, 4.69) is 57.8 Å². The predicted octanol–water partition coefficient (Wildman–Crippen LogP) is 7.00. The minimum Gasteiger partial charge on any atom is -0.497 e. The minimum atomic E-state index is -0.958. The number of nitrogens with zero attached hydrogens (tertiary/aromatic N) is 1. The number of halogens is 2. The van der Waals surface area contributed by atoms with Crippen LogP contribution in [0.1, 0.15) is 5.56 Å². The normalized spacial score (nSPS) is 12.6. The Labute approximate surface area is 176 Å². The summed E-state index contributed by atoms with van der Waals surface area (Å²) in [6, 6.07) is 20.3. The molecule has 3 aromatic carbocycles. The molecule has 4 rings (SSSR count). The van der Waals surface area contributed by atoms with Crippen LogP contribution in [0.15, 0.2) is 70.0 Å². The van der Waals surface area contributed by atoms with Crippen LogP contribution in [-0.2, 0) is 6.54 Å². The molecule has 0 N–H and O–H groups in total. The number of aromatic nitrogens is 1. The molecule has 0 saturated heterocycles. The number of hydrogen-bond donors (Lipinski definition) is 0. The molecule has 0 aliphatic rings. The van der Waals surface area contributed by atoms with Gasteiger partial charge in [-0.25, -0.2) is 4.39 Å². The zero-order valence-electron chi connectivity index (χ0n) is 15.8. The van der Waals surface area contributed by atoms with Crippen molar-refractivity contribution in [2.24, 2.45) is 0 Å². The molecule has 0 radical (unpaired) electrons. The van der Waals surface area contributed by atoms with Crippen LogP contribution in [-0.4, -0.2) is 23.6 Å². The van der Waals surface area contributed by atoms with Crippen molar-refractivity contribution < 1.29 is 9.13 Å². The van der Waals surface area contributed by atoms with Gasteiger partial charge in [-0.3, -0.25) is 0 Å². The van der Waals surface area contributed by atoms with Crippen LogP contribution < -0.4 is 4.74 Å². The van der Waals surface area contributed by atoms with E-state index in [4.69, 9.17) is 4.74 Å². The van der Waals surface area contributed by atoms with E-state index in [0.717, 1.165) is 31.5 Å². The molecule has 0 saturated carbocycles. The quantitative estimate of drug-likeness (QED) is 0.289. The monoisotopic (exact) mass is 457 g/mol. The van der Waals surface area contributed by atoms with E-state index < -0.39 is 6.17 Å². The van der Waals surface area contributed by atoms with Crippen LogP contribution >= 0.6 is 27.7 Å². The van der Waals surface area contributed by atoms with Gasteiger partial charge in [-0.15, -0.1) is 11.8 Å². The van der Waals surface area contributed by atoms with Crippen LogP contribution in [0.25, 0.3) is 21.8 Å². The van der Waals surface area contributed by atoms with Gasteiger partial charge in [-0.05, 0) is 55.5 Å². The summed E-state index contributed by atoms with van der Waals surface area (Å²) in [5.41, 5.74) is 3.35. The fourth-order valence-corrected chi connectivity index (χ4v) is 4.73. The Morgan fingerprint density at radius 1 is 1.04 bits per heavy atom. The summed E-state index contributed by atoms with van der Waals surface area (Å²) >= 11 is 5.08. The van der Waals surface area contributed by atoms with E-state index in [1.165, 1.54) is 22.7 Å². The molecule has 0 amide bonds. The van der Waals surface area contributed by atoms with Crippen LogP contribution in [0.3, 0.4) is 0 Å². The molecule has 0 aliphatic carbocycles. The van der Waals surface area contributed by atoms with Crippen LogP contribution in [0.5, 0.6) is 5.75 Å². The summed E-state index contributed by atoms with van der Waals surface area (Å²) in [5, 5.41) is 2.32. The highest BCUT2D eigenvalue weighted by molar-refractivity contribution is 9.10. The van der Waals surface area contributed by atoms with Gasteiger partial charge in [0.15, 0.2) is 0 Å². The Morgan fingerprint density at radius 2 is 1.79 bits per heavy atom. The third-order valence-corrected chi connectivity index (χ3v) is 6.44. The summed E-state index contributed by atoms with van der Waals surface area (Å²) < 4.78 is 23.4. The zero-order chi connectivity index (χ0) is 19.7. The third-order valence-electron chi connectivity index (χ3n) is 4.84. The van der Waals surface area contributed by atoms with Gasteiger partial charge in [0.2, 0.25) is 0 Å². The van der Waals surface area contributed by atoms with Gasteiger partial charge in [0, 0.05) is 36.9 Å². The molecule has 0 aliphatic heterocycles. The molecule has 2 nitrogen and oxygen atoms in total. The molecular weight excluding hydrogens is 437 g/mol. The van der Waals surface area contributed by atoms with Crippen molar-refractivity contribution in [1.29, 1.82) is 0 Å². The number of rotatable bonds is 6. The Bertz CT molecular complexity index is 1080. The first-order chi connectivity index (χ1) is 13.5. The van der Waals surface area contributed by atoms with E-state index in [1.54, 1.807) is 7.11 Å². The fourth-order valence-electron chi connectivity index (χ4n) is 3.52. The maximum absolute atomic E-state index is 15.0. The van der Waals surface area contributed by atoms with Crippen molar-refractivity contribution >= 4 is 49.5 Å². The summed E-state index contributed by atoms with van der Waals surface area (Å²) in [7, 11) is 1.64. The number of alkyl halides is 1. The highest BCUT2D eigenvalue weighted by Crippen LogP contribution is 2.33. The van der Waals surface area contributed by atoms with Gasteiger partial charge in [-0.1, -0.05) is 33.6 Å². The molecule has 144 valence electrons. The lowest BCUT2D eigenvalue weighted by Crippen LogP contribution is -2.13. The molecule has 4 aromatic rings. The predicted molar refractivity (Wildman–Crippen MR) is 120 cm³/mol. The van der Waals surface area contributed by atoms with Gasteiger partial charge in [0.25, 0.3) is 0 Å². The second-order valence-corrected chi connectivity index (χ2v) is 8.89. The number of methoxy groups -OCH3 is 1. The van der Waals surface area contributed by atoms with E-state index in [-0.39, 0.29) is 0 Å². The highest BCUT2D eigenvalue weighted by atomic mass is 79.9. The van der Waals surface area contributed by atoms with E-state index in [1.807, 2.05) is 30.3 Å². The standard InChI is InChI=1S/C23H21BrFNOS/c1-15-6-8-22-20(10-15)21-11-16(24)7-9-23(21)26(22)13-17(25)14-28-19-5-3-4-18(12-19)27-2/h3-12,17H,13-14H2,1-2H3. The Balaban J connectivity index is 1.61. The van der Waals surface area contributed by atoms with Gasteiger partial charge >= 0.3 is 0 Å². The maximum Gasteiger partial charge on any atom is 0.127 e. The van der Waals surface area contributed by atoms with E-state index in [9.17, 15) is 4.39 Å². The van der Waals surface area contributed by atoms with E-state index >= 15 is 0 Å². The van der Waals surface area contributed by atoms with E-state index in [0.29, 0.717) is 12.3 Å². The lowest BCUT2D eigenvalue weighted by molar-refractivity contribution is 0.333.